The summed E-state index contributed by atoms with van der Waals surface area (Å²) in [6.45, 7) is 0.0345. The molecular weight excluding hydrogens is 334 g/mol. The zero-order valence-corrected chi connectivity index (χ0v) is 13.3. The van der Waals surface area contributed by atoms with Gasteiger partial charge < -0.3 is 5.11 Å². The number of rotatable bonds is 3. The first-order valence-corrected chi connectivity index (χ1v) is 7.33. The number of carboxylic acids is 1. The third-order valence-corrected chi connectivity index (χ3v) is 3.92. The van der Waals surface area contributed by atoms with Gasteiger partial charge in [0.05, 0.1) is 23.6 Å². The summed E-state index contributed by atoms with van der Waals surface area (Å²) in [6, 6.07) is 8.00. The van der Waals surface area contributed by atoms with Crippen LogP contribution in [0, 0.1) is 0 Å². The van der Waals surface area contributed by atoms with Crippen LogP contribution in [0.3, 0.4) is 0 Å². The highest BCUT2D eigenvalue weighted by Crippen LogP contribution is 2.12. The second kappa shape index (κ2) is 5.93. The predicted octanol–water partition coefficient (Wildman–Crippen LogP) is 1.50. The summed E-state index contributed by atoms with van der Waals surface area (Å²) < 4.78 is 2.31. The number of carbonyl (C=O) groups is 1. The second-order valence-electron chi connectivity index (χ2n) is 5.25. The number of nitrogens with zero attached hydrogens (tertiary/aromatic N) is 3. The molecule has 1 aromatic carbocycles. The summed E-state index contributed by atoms with van der Waals surface area (Å²) in [7, 11) is 1.50. The van der Waals surface area contributed by atoms with Crippen LogP contribution in [0.2, 0.25) is 5.02 Å². The Labute approximate surface area is 140 Å². The molecule has 122 valence electrons. The molecule has 3 aromatic rings. The van der Waals surface area contributed by atoms with Gasteiger partial charge in [-0.1, -0.05) is 23.7 Å². The fourth-order valence-corrected chi connectivity index (χ4v) is 2.69. The van der Waals surface area contributed by atoms with Crippen LogP contribution in [-0.4, -0.2) is 25.2 Å². The third-order valence-electron chi connectivity index (χ3n) is 3.69. The van der Waals surface area contributed by atoms with Crippen molar-refractivity contribution < 1.29 is 9.90 Å². The maximum atomic E-state index is 12.7. The molecule has 0 radical (unpaired) electrons. The van der Waals surface area contributed by atoms with Gasteiger partial charge in [0.15, 0.2) is 0 Å². The monoisotopic (exact) mass is 345 g/mol. The number of aryl methyl sites for hydroxylation is 1. The molecule has 24 heavy (non-hydrogen) atoms. The van der Waals surface area contributed by atoms with E-state index in [1.807, 2.05) is 0 Å². The summed E-state index contributed by atoms with van der Waals surface area (Å²) in [5.41, 5.74) is -0.381. The number of pyridine rings is 1. The minimum absolute atomic E-state index is 0.0345. The van der Waals surface area contributed by atoms with Gasteiger partial charge in [0, 0.05) is 12.1 Å². The van der Waals surface area contributed by atoms with Crippen molar-refractivity contribution in [2.75, 3.05) is 0 Å². The highest BCUT2D eigenvalue weighted by Gasteiger charge is 2.14. The number of aromatic nitrogens is 3. The molecule has 1 N–H and O–H groups in total. The fourth-order valence-electron chi connectivity index (χ4n) is 2.48. The molecule has 0 fully saturated rings. The van der Waals surface area contributed by atoms with E-state index in [2.05, 4.69) is 4.98 Å². The van der Waals surface area contributed by atoms with E-state index in [9.17, 15) is 14.4 Å². The minimum Gasteiger partial charge on any atom is -0.477 e. The van der Waals surface area contributed by atoms with E-state index in [1.165, 1.54) is 23.9 Å². The molecule has 0 spiro atoms. The van der Waals surface area contributed by atoms with Crippen LogP contribution in [0.25, 0.3) is 10.9 Å². The molecule has 2 aromatic heterocycles. The zero-order valence-electron chi connectivity index (χ0n) is 12.6. The number of aromatic carboxylic acids is 1. The van der Waals surface area contributed by atoms with Crippen molar-refractivity contribution in [2.24, 2.45) is 7.05 Å². The van der Waals surface area contributed by atoms with E-state index in [1.54, 1.807) is 24.3 Å². The van der Waals surface area contributed by atoms with Crippen molar-refractivity contribution in [2.45, 2.75) is 6.54 Å². The lowest BCUT2D eigenvalue weighted by atomic mass is 10.2. The maximum absolute atomic E-state index is 12.7. The fraction of sp³-hybridized carbons (Fsp3) is 0.125. The largest absolute Gasteiger partial charge is 0.477 e. The van der Waals surface area contributed by atoms with Gasteiger partial charge in [0.25, 0.3) is 5.56 Å². The average Bonchev–Trinajstić information content (AvgIpc) is 2.56. The van der Waals surface area contributed by atoms with Crippen molar-refractivity contribution in [3.63, 3.8) is 0 Å². The van der Waals surface area contributed by atoms with Crippen LogP contribution >= 0.6 is 11.6 Å². The van der Waals surface area contributed by atoms with Gasteiger partial charge in [-0.2, -0.15) is 0 Å². The Morgan fingerprint density at radius 2 is 2.04 bits per heavy atom. The van der Waals surface area contributed by atoms with Crippen LogP contribution < -0.4 is 11.2 Å². The van der Waals surface area contributed by atoms with Gasteiger partial charge in [0.1, 0.15) is 5.69 Å². The first kappa shape index (κ1) is 15.9. The van der Waals surface area contributed by atoms with Crippen molar-refractivity contribution >= 4 is 28.5 Å². The van der Waals surface area contributed by atoms with Crippen molar-refractivity contribution in [3.05, 3.63) is 73.6 Å². The predicted molar refractivity (Wildman–Crippen MR) is 88.8 cm³/mol. The Morgan fingerprint density at radius 3 is 2.71 bits per heavy atom. The number of carboxylic acid groups (broad SMARTS) is 1. The second-order valence-corrected chi connectivity index (χ2v) is 5.69. The van der Waals surface area contributed by atoms with Gasteiger partial charge in [-0.15, -0.1) is 0 Å². The minimum atomic E-state index is -1.24. The molecule has 0 aliphatic heterocycles. The van der Waals surface area contributed by atoms with Crippen molar-refractivity contribution in [3.8, 4) is 0 Å². The van der Waals surface area contributed by atoms with E-state index < -0.39 is 17.2 Å². The van der Waals surface area contributed by atoms with E-state index in [4.69, 9.17) is 16.7 Å². The van der Waals surface area contributed by atoms with Crippen LogP contribution in [0.5, 0.6) is 0 Å². The molecule has 0 amide bonds. The van der Waals surface area contributed by atoms with Crippen LogP contribution in [0.4, 0.5) is 0 Å². The number of hydrogen-bond acceptors (Lipinski definition) is 4. The Bertz CT molecular complexity index is 1080. The molecule has 0 aliphatic carbocycles. The topological polar surface area (TPSA) is 94.2 Å². The van der Waals surface area contributed by atoms with Gasteiger partial charge in [0.2, 0.25) is 0 Å². The molecule has 0 unspecified atom stereocenters. The number of halogens is 1. The summed E-state index contributed by atoms with van der Waals surface area (Å²) in [5.74, 6) is -1.24. The van der Waals surface area contributed by atoms with Crippen molar-refractivity contribution in [1.29, 1.82) is 0 Å². The van der Waals surface area contributed by atoms with Gasteiger partial charge in [-0.05, 0) is 23.8 Å². The summed E-state index contributed by atoms with van der Waals surface area (Å²) in [6.07, 6.45) is 1.21. The summed E-state index contributed by atoms with van der Waals surface area (Å²) in [5, 5.41) is 9.65. The molecule has 2 heterocycles. The van der Waals surface area contributed by atoms with Crippen LogP contribution in [-0.2, 0) is 13.6 Å². The lowest BCUT2D eigenvalue weighted by Crippen LogP contribution is -2.39. The molecule has 3 rings (SSSR count). The highest BCUT2D eigenvalue weighted by atomic mass is 35.5. The Hall–Kier alpha value is -2.93. The van der Waals surface area contributed by atoms with Crippen LogP contribution in [0.1, 0.15) is 16.1 Å². The van der Waals surface area contributed by atoms with E-state index in [0.29, 0.717) is 10.6 Å². The van der Waals surface area contributed by atoms with Gasteiger partial charge in [-0.3, -0.25) is 13.9 Å². The number of benzene rings is 1. The Balaban J connectivity index is 2.26. The molecule has 8 heteroatoms. The Morgan fingerprint density at radius 1 is 1.29 bits per heavy atom. The van der Waals surface area contributed by atoms with E-state index >= 15 is 0 Å². The first-order valence-electron chi connectivity index (χ1n) is 6.96. The smallest absolute Gasteiger partial charge is 0.354 e. The van der Waals surface area contributed by atoms with E-state index in [-0.39, 0.29) is 23.1 Å². The SMILES string of the molecule is Cn1c(=O)n(Cc2cccc(Cl)c2)c(=O)c2cc(C(=O)O)ncc21. The molecule has 7 nitrogen and oxygen atoms in total. The number of fused-ring (bicyclic) bond motifs is 1. The lowest BCUT2D eigenvalue weighted by Gasteiger charge is -2.11. The Kier molecular flexibility index (Phi) is 3.94. The molecule has 0 aliphatic rings. The first-order chi connectivity index (χ1) is 11.4. The van der Waals surface area contributed by atoms with Crippen LogP contribution in [0.15, 0.2) is 46.1 Å². The normalized spacial score (nSPS) is 10.9. The number of hydrogen-bond donors (Lipinski definition) is 1. The highest BCUT2D eigenvalue weighted by molar-refractivity contribution is 6.30. The standard InChI is InChI=1S/C16H12ClN3O4/c1-19-13-7-18-12(15(22)23)6-11(13)14(21)20(16(19)24)8-9-3-2-4-10(17)5-9/h2-7H,8H2,1H3,(H,22,23). The lowest BCUT2D eigenvalue weighted by molar-refractivity contribution is 0.0690. The van der Waals surface area contributed by atoms with E-state index in [0.717, 1.165) is 4.57 Å². The molecular formula is C16H12ClN3O4. The maximum Gasteiger partial charge on any atom is 0.354 e. The molecule has 0 atom stereocenters. The van der Waals surface area contributed by atoms with Gasteiger partial charge >= 0.3 is 11.7 Å². The van der Waals surface area contributed by atoms with Crippen molar-refractivity contribution in [1.82, 2.24) is 14.1 Å². The summed E-state index contributed by atoms with van der Waals surface area (Å²) >= 11 is 5.93. The third kappa shape index (κ3) is 2.69. The molecule has 0 saturated heterocycles. The summed E-state index contributed by atoms with van der Waals surface area (Å²) in [4.78, 5) is 39.9. The quantitative estimate of drug-likeness (QED) is 0.776. The average molecular weight is 346 g/mol. The zero-order chi connectivity index (χ0) is 17.4. The molecule has 0 saturated carbocycles. The molecule has 0 bridgehead atoms. The van der Waals surface area contributed by atoms with Gasteiger partial charge in [-0.25, -0.2) is 14.6 Å².